The van der Waals surface area contributed by atoms with Gasteiger partial charge in [-0.15, -0.1) is 0 Å². The molecule has 0 bridgehead atoms. The summed E-state index contributed by atoms with van der Waals surface area (Å²) in [5, 5.41) is 0. The Balaban J connectivity index is 1.90. The standard InChI is InChI=1S/C13H26N2O2S/c1-3-18(16,17)15-10-8-14(9-11-15)13-7-5-4-6-12(13)2/h12-13H,3-11H2,1-2H3/t12-,13+/m1/s1. The van der Waals surface area contributed by atoms with Crippen molar-refractivity contribution in [2.75, 3.05) is 31.9 Å². The molecule has 2 fully saturated rings. The van der Waals surface area contributed by atoms with Crippen molar-refractivity contribution in [3.05, 3.63) is 0 Å². The van der Waals surface area contributed by atoms with Crippen molar-refractivity contribution in [1.29, 1.82) is 0 Å². The number of nitrogens with zero attached hydrogens (tertiary/aromatic N) is 2. The van der Waals surface area contributed by atoms with E-state index >= 15 is 0 Å². The zero-order valence-electron chi connectivity index (χ0n) is 11.6. The molecule has 2 atom stereocenters. The van der Waals surface area contributed by atoms with E-state index in [1.807, 2.05) is 0 Å². The largest absolute Gasteiger partial charge is 0.298 e. The number of hydrogen-bond donors (Lipinski definition) is 0. The summed E-state index contributed by atoms with van der Waals surface area (Å²) >= 11 is 0. The molecule has 1 saturated carbocycles. The summed E-state index contributed by atoms with van der Waals surface area (Å²) in [6, 6.07) is 0.685. The fraction of sp³-hybridized carbons (Fsp3) is 1.00. The summed E-state index contributed by atoms with van der Waals surface area (Å²) in [5.74, 6) is 1.00. The van der Waals surface area contributed by atoms with Crippen LogP contribution >= 0.6 is 0 Å². The maximum Gasteiger partial charge on any atom is 0.213 e. The van der Waals surface area contributed by atoms with Gasteiger partial charge in [0, 0.05) is 32.2 Å². The van der Waals surface area contributed by atoms with Gasteiger partial charge in [0.25, 0.3) is 0 Å². The molecule has 2 aliphatic rings. The fourth-order valence-corrected chi connectivity index (χ4v) is 4.42. The number of hydrogen-bond acceptors (Lipinski definition) is 3. The summed E-state index contributed by atoms with van der Waals surface area (Å²) in [7, 11) is -2.98. The van der Waals surface area contributed by atoms with E-state index in [2.05, 4.69) is 11.8 Å². The molecule has 0 spiro atoms. The van der Waals surface area contributed by atoms with Crippen LogP contribution in [0.2, 0.25) is 0 Å². The van der Waals surface area contributed by atoms with Crippen LogP contribution in [0.5, 0.6) is 0 Å². The van der Waals surface area contributed by atoms with Crippen molar-refractivity contribution in [3.63, 3.8) is 0 Å². The number of piperazine rings is 1. The Morgan fingerprint density at radius 2 is 1.67 bits per heavy atom. The van der Waals surface area contributed by atoms with Crippen molar-refractivity contribution < 1.29 is 8.42 Å². The summed E-state index contributed by atoms with van der Waals surface area (Å²) in [6.07, 6.45) is 5.32. The average molecular weight is 274 g/mol. The molecule has 4 nitrogen and oxygen atoms in total. The minimum absolute atomic E-state index is 0.229. The first-order valence-corrected chi connectivity index (χ1v) is 8.87. The van der Waals surface area contributed by atoms with Gasteiger partial charge in [-0.25, -0.2) is 8.42 Å². The van der Waals surface area contributed by atoms with Crippen LogP contribution in [-0.2, 0) is 10.0 Å². The smallest absolute Gasteiger partial charge is 0.213 e. The van der Waals surface area contributed by atoms with E-state index in [0.29, 0.717) is 19.1 Å². The molecule has 0 radical (unpaired) electrons. The van der Waals surface area contributed by atoms with Crippen LogP contribution < -0.4 is 0 Å². The van der Waals surface area contributed by atoms with Crippen molar-refractivity contribution >= 4 is 10.0 Å². The minimum atomic E-state index is -2.98. The molecule has 0 aromatic carbocycles. The minimum Gasteiger partial charge on any atom is -0.298 e. The summed E-state index contributed by atoms with van der Waals surface area (Å²) in [6.45, 7) is 7.26. The summed E-state index contributed by atoms with van der Waals surface area (Å²) in [5.41, 5.74) is 0. The lowest BCUT2D eigenvalue weighted by Gasteiger charge is -2.43. The maximum absolute atomic E-state index is 11.8. The van der Waals surface area contributed by atoms with Crippen molar-refractivity contribution in [3.8, 4) is 0 Å². The van der Waals surface area contributed by atoms with E-state index in [0.717, 1.165) is 19.0 Å². The molecule has 0 amide bonds. The predicted molar refractivity (Wildman–Crippen MR) is 74.0 cm³/mol. The third-order valence-electron chi connectivity index (χ3n) is 4.57. The van der Waals surface area contributed by atoms with Gasteiger partial charge in [0.05, 0.1) is 5.75 Å². The van der Waals surface area contributed by atoms with E-state index in [1.165, 1.54) is 25.7 Å². The highest BCUT2D eigenvalue weighted by atomic mass is 32.2. The van der Waals surface area contributed by atoms with Crippen molar-refractivity contribution in [1.82, 2.24) is 9.21 Å². The lowest BCUT2D eigenvalue weighted by molar-refractivity contribution is 0.0786. The van der Waals surface area contributed by atoms with E-state index in [9.17, 15) is 8.42 Å². The molecule has 0 aromatic rings. The molecule has 106 valence electrons. The first kappa shape index (κ1) is 14.3. The van der Waals surface area contributed by atoms with Crippen molar-refractivity contribution in [2.24, 2.45) is 5.92 Å². The molecule has 0 aromatic heterocycles. The summed E-state index contributed by atoms with van der Waals surface area (Å²) in [4.78, 5) is 2.52. The second kappa shape index (κ2) is 5.88. The molecule has 0 unspecified atom stereocenters. The second-order valence-electron chi connectivity index (χ2n) is 5.66. The van der Waals surface area contributed by atoms with Crippen LogP contribution in [0.1, 0.15) is 39.5 Å². The lowest BCUT2D eigenvalue weighted by atomic mass is 9.84. The van der Waals surface area contributed by atoms with Gasteiger partial charge >= 0.3 is 0 Å². The number of sulfonamides is 1. The third-order valence-corrected chi connectivity index (χ3v) is 6.45. The molecule has 2 rings (SSSR count). The average Bonchev–Trinajstić information content (AvgIpc) is 2.39. The molecular weight excluding hydrogens is 248 g/mol. The van der Waals surface area contributed by atoms with E-state index < -0.39 is 10.0 Å². The van der Waals surface area contributed by atoms with E-state index in [-0.39, 0.29) is 5.75 Å². The quantitative estimate of drug-likeness (QED) is 0.784. The van der Waals surface area contributed by atoms with Crippen molar-refractivity contribution in [2.45, 2.75) is 45.6 Å². The molecule has 1 saturated heterocycles. The molecular formula is C13H26N2O2S. The first-order chi connectivity index (χ1) is 8.54. The Morgan fingerprint density at radius 1 is 1.06 bits per heavy atom. The highest BCUT2D eigenvalue weighted by Gasteiger charge is 2.32. The summed E-state index contributed by atoms with van der Waals surface area (Å²) < 4.78 is 25.3. The molecule has 5 heteroatoms. The Morgan fingerprint density at radius 3 is 2.22 bits per heavy atom. The van der Waals surface area contributed by atoms with Gasteiger partial charge in [-0.3, -0.25) is 4.90 Å². The van der Waals surface area contributed by atoms with Gasteiger partial charge in [-0.2, -0.15) is 4.31 Å². The fourth-order valence-electron chi connectivity index (χ4n) is 3.34. The molecule has 0 N–H and O–H groups in total. The Kier molecular flexibility index (Phi) is 4.67. The Labute approximate surface area is 111 Å². The normalized spacial score (nSPS) is 32.6. The highest BCUT2D eigenvalue weighted by molar-refractivity contribution is 7.89. The van der Waals surface area contributed by atoms with E-state index in [4.69, 9.17) is 0 Å². The first-order valence-electron chi connectivity index (χ1n) is 7.26. The topological polar surface area (TPSA) is 40.6 Å². The molecule has 1 aliphatic heterocycles. The van der Waals surface area contributed by atoms with Crippen LogP contribution in [0.4, 0.5) is 0 Å². The highest BCUT2D eigenvalue weighted by Crippen LogP contribution is 2.28. The van der Waals surface area contributed by atoms with Gasteiger partial charge in [-0.1, -0.05) is 19.8 Å². The van der Waals surface area contributed by atoms with Crippen LogP contribution in [-0.4, -0.2) is 55.6 Å². The van der Waals surface area contributed by atoms with Crippen LogP contribution in [0.3, 0.4) is 0 Å². The lowest BCUT2D eigenvalue weighted by Crippen LogP contribution is -2.54. The third kappa shape index (κ3) is 3.06. The van der Waals surface area contributed by atoms with Gasteiger partial charge in [0.2, 0.25) is 10.0 Å². The zero-order chi connectivity index (χ0) is 13.2. The monoisotopic (exact) mass is 274 g/mol. The van der Waals surface area contributed by atoms with Gasteiger partial charge in [-0.05, 0) is 25.7 Å². The second-order valence-corrected chi connectivity index (χ2v) is 7.92. The molecule has 18 heavy (non-hydrogen) atoms. The van der Waals surface area contributed by atoms with Crippen LogP contribution in [0.25, 0.3) is 0 Å². The zero-order valence-corrected chi connectivity index (χ0v) is 12.5. The van der Waals surface area contributed by atoms with Gasteiger partial charge in [0.1, 0.15) is 0 Å². The predicted octanol–water partition coefficient (Wildman–Crippen LogP) is 1.53. The van der Waals surface area contributed by atoms with Crippen LogP contribution in [0.15, 0.2) is 0 Å². The Hall–Kier alpha value is -0.130. The van der Waals surface area contributed by atoms with Crippen LogP contribution in [0, 0.1) is 5.92 Å². The Bertz CT molecular complexity index is 361. The van der Waals surface area contributed by atoms with Gasteiger partial charge < -0.3 is 0 Å². The van der Waals surface area contributed by atoms with E-state index in [1.54, 1.807) is 11.2 Å². The van der Waals surface area contributed by atoms with Gasteiger partial charge in [0.15, 0.2) is 0 Å². The SMILES string of the molecule is CCS(=O)(=O)N1CCN([C@H]2CCCC[C@H]2C)CC1. The molecule has 1 heterocycles. The number of rotatable bonds is 3. The molecule has 1 aliphatic carbocycles. The maximum atomic E-state index is 11.8.